The van der Waals surface area contributed by atoms with Gasteiger partial charge in [0.2, 0.25) is 11.8 Å². The molecule has 0 bridgehead atoms. The number of nitrogens with one attached hydrogen (secondary N) is 1. The maximum atomic E-state index is 12.8. The van der Waals surface area contributed by atoms with E-state index in [1.807, 2.05) is 34.7 Å². The molecular formula is C18H31N3O3. The highest BCUT2D eigenvalue weighted by Crippen LogP contribution is 2.29. The van der Waals surface area contributed by atoms with Crippen LogP contribution in [-0.4, -0.2) is 46.3 Å². The highest BCUT2D eigenvalue weighted by Gasteiger charge is 2.37. The third kappa shape index (κ3) is 3.98. The Balaban J connectivity index is 2.05. The monoisotopic (exact) mass is 337 g/mol. The van der Waals surface area contributed by atoms with Crippen LogP contribution in [0.2, 0.25) is 0 Å². The van der Waals surface area contributed by atoms with E-state index in [0.717, 1.165) is 12.8 Å². The quantitative estimate of drug-likeness (QED) is 0.834. The van der Waals surface area contributed by atoms with Gasteiger partial charge in [-0.15, -0.1) is 0 Å². The SMILES string of the molecule is CN(C1CCCCC1)C(C)(C)C(=O)Nc1cc(C(C)(C)CO)no1. The van der Waals surface area contributed by atoms with Crippen molar-refractivity contribution in [1.29, 1.82) is 0 Å². The number of aliphatic hydroxyl groups excluding tert-OH is 1. The summed E-state index contributed by atoms with van der Waals surface area (Å²) >= 11 is 0. The Hall–Kier alpha value is -1.40. The number of carbonyl (C=O) groups is 1. The molecule has 6 heteroatoms. The summed E-state index contributed by atoms with van der Waals surface area (Å²) in [5.74, 6) is 0.210. The van der Waals surface area contributed by atoms with Crippen molar-refractivity contribution in [3.05, 3.63) is 11.8 Å². The molecule has 1 saturated carbocycles. The van der Waals surface area contributed by atoms with Gasteiger partial charge >= 0.3 is 0 Å². The second-order valence-corrected chi connectivity index (χ2v) is 8.03. The van der Waals surface area contributed by atoms with Gasteiger partial charge in [-0.2, -0.15) is 0 Å². The highest BCUT2D eigenvalue weighted by molar-refractivity contribution is 5.96. The average molecular weight is 337 g/mol. The van der Waals surface area contributed by atoms with E-state index in [9.17, 15) is 9.90 Å². The minimum absolute atomic E-state index is 0.0389. The van der Waals surface area contributed by atoms with Crippen molar-refractivity contribution >= 4 is 11.8 Å². The first-order valence-electron chi connectivity index (χ1n) is 8.81. The average Bonchev–Trinajstić information content (AvgIpc) is 3.04. The molecule has 0 radical (unpaired) electrons. The molecule has 0 atom stereocenters. The summed E-state index contributed by atoms with van der Waals surface area (Å²) in [5, 5.41) is 16.2. The molecule has 2 N–H and O–H groups in total. The largest absolute Gasteiger partial charge is 0.395 e. The van der Waals surface area contributed by atoms with Gasteiger partial charge in [0.15, 0.2) is 0 Å². The minimum Gasteiger partial charge on any atom is -0.395 e. The second-order valence-electron chi connectivity index (χ2n) is 8.03. The van der Waals surface area contributed by atoms with Crippen molar-refractivity contribution in [3.8, 4) is 0 Å². The molecular weight excluding hydrogens is 306 g/mol. The molecule has 24 heavy (non-hydrogen) atoms. The summed E-state index contributed by atoms with van der Waals surface area (Å²) in [4.78, 5) is 14.9. The van der Waals surface area contributed by atoms with Gasteiger partial charge in [0.1, 0.15) is 0 Å². The van der Waals surface area contributed by atoms with Crippen LogP contribution in [0.5, 0.6) is 0 Å². The first kappa shape index (κ1) is 18.9. The maximum absolute atomic E-state index is 12.8. The number of anilines is 1. The first-order valence-corrected chi connectivity index (χ1v) is 8.81. The number of hydrogen-bond acceptors (Lipinski definition) is 5. The summed E-state index contributed by atoms with van der Waals surface area (Å²) in [7, 11) is 2.02. The van der Waals surface area contributed by atoms with E-state index in [1.54, 1.807) is 6.07 Å². The fourth-order valence-electron chi connectivity index (χ4n) is 3.08. The Labute approximate surface area is 144 Å². The molecule has 1 heterocycles. The number of aromatic nitrogens is 1. The molecule has 0 aliphatic heterocycles. The van der Waals surface area contributed by atoms with E-state index in [2.05, 4.69) is 15.4 Å². The van der Waals surface area contributed by atoms with Gasteiger partial charge < -0.3 is 9.63 Å². The molecule has 0 unspecified atom stereocenters. The lowest BCUT2D eigenvalue weighted by molar-refractivity contribution is -0.127. The van der Waals surface area contributed by atoms with Gasteiger partial charge in [-0.25, -0.2) is 0 Å². The molecule has 0 spiro atoms. The van der Waals surface area contributed by atoms with Gasteiger partial charge in [0.25, 0.3) is 0 Å². The molecule has 136 valence electrons. The predicted octanol–water partition coefficient (Wildman–Crippen LogP) is 2.93. The predicted molar refractivity (Wildman–Crippen MR) is 94.0 cm³/mol. The zero-order valence-electron chi connectivity index (χ0n) is 15.6. The smallest absolute Gasteiger partial charge is 0.246 e. The van der Waals surface area contributed by atoms with Gasteiger partial charge in [0, 0.05) is 17.5 Å². The van der Waals surface area contributed by atoms with E-state index in [4.69, 9.17) is 4.52 Å². The van der Waals surface area contributed by atoms with Crippen LogP contribution in [0, 0.1) is 0 Å². The zero-order chi connectivity index (χ0) is 18.0. The molecule has 1 fully saturated rings. The Bertz CT molecular complexity index is 560. The van der Waals surface area contributed by atoms with E-state index in [0.29, 0.717) is 17.6 Å². The second kappa shape index (κ2) is 7.23. The number of likely N-dealkylation sites (N-methyl/N-ethyl adjacent to an activating group) is 1. The van der Waals surface area contributed by atoms with Crippen LogP contribution in [0.1, 0.15) is 65.5 Å². The number of carbonyl (C=O) groups excluding carboxylic acids is 1. The molecule has 1 aromatic heterocycles. The summed E-state index contributed by atoms with van der Waals surface area (Å²) < 4.78 is 5.23. The molecule has 0 saturated heterocycles. The van der Waals surface area contributed by atoms with Crippen LogP contribution in [0.3, 0.4) is 0 Å². The van der Waals surface area contributed by atoms with Gasteiger partial charge in [-0.05, 0) is 33.7 Å². The normalized spacial score (nSPS) is 17.3. The first-order chi connectivity index (χ1) is 11.2. The standard InChI is InChI=1S/C18H31N3O3/c1-17(2,12-22)14-11-15(24-20-14)19-16(23)18(3,4)21(5)13-9-7-6-8-10-13/h11,13,22H,6-10,12H2,1-5H3,(H,19,23). The number of aliphatic hydroxyl groups is 1. The van der Waals surface area contributed by atoms with Crippen molar-refractivity contribution in [1.82, 2.24) is 10.1 Å². The number of nitrogens with zero attached hydrogens (tertiary/aromatic N) is 2. The lowest BCUT2D eigenvalue weighted by Gasteiger charge is -2.41. The van der Waals surface area contributed by atoms with Crippen LogP contribution in [-0.2, 0) is 10.2 Å². The number of amides is 1. The van der Waals surface area contributed by atoms with Crippen LogP contribution in [0.15, 0.2) is 10.6 Å². The fourth-order valence-corrected chi connectivity index (χ4v) is 3.08. The van der Waals surface area contributed by atoms with E-state index >= 15 is 0 Å². The number of hydrogen-bond donors (Lipinski definition) is 2. The van der Waals surface area contributed by atoms with Crippen LogP contribution in [0.25, 0.3) is 0 Å². The molecule has 1 aliphatic rings. The summed E-state index contributed by atoms with van der Waals surface area (Å²) in [6.45, 7) is 7.58. The Morgan fingerprint density at radius 2 is 1.96 bits per heavy atom. The Morgan fingerprint density at radius 1 is 1.33 bits per heavy atom. The van der Waals surface area contributed by atoms with Gasteiger partial charge in [-0.3, -0.25) is 15.0 Å². The molecule has 6 nitrogen and oxygen atoms in total. The lowest BCUT2D eigenvalue weighted by atomic mass is 9.90. The van der Waals surface area contributed by atoms with E-state index in [-0.39, 0.29) is 12.5 Å². The summed E-state index contributed by atoms with van der Waals surface area (Å²) in [6, 6.07) is 2.13. The molecule has 1 amide bonds. The van der Waals surface area contributed by atoms with Crippen molar-refractivity contribution < 1.29 is 14.4 Å². The van der Waals surface area contributed by atoms with Crippen LogP contribution in [0.4, 0.5) is 5.88 Å². The van der Waals surface area contributed by atoms with E-state index < -0.39 is 11.0 Å². The topological polar surface area (TPSA) is 78.6 Å². The summed E-state index contributed by atoms with van der Waals surface area (Å²) in [5.41, 5.74) is -0.513. The van der Waals surface area contributed by atoms with Crippen molar-refractivity contribution in [3.63, 3.8) is 0 Å². The third-order valence-electron chi connectivity index (χ3n) is 5.40. The molecule has 1 aromatic rings. The minimum atomic E-state index is -0.637. The Kier molecular flexibility index (Phi) is 5.71. The highest BCUT2D eigenvalue weighted by atomic mass is 16.5. The zero-order valence-corrected chi connectivity index (χ0v) is 15.6. The Morgan fingerprint density at radius 3 is 2.54 bits per heavy atom. The van der Waals surface area contributed by atoms with Crippen molar-refractivity contribution in [2.75, 3.05) is 19.0 Å². The number of rotatable bonds is 6. The fraction of sp³-hybridized carbons (Fsp3) is 0.778. The van der Waals surface area contributed by atoms with Gasteiger partial charge in [0.05, 0.1) is 17.8 Å². The van der Waals surface area contributed by atoms with Crippen molar-refractivity contribution in [2.45, 2.75) is 76.8 Å². The lowest BCUT2D eigenvalue weighted by Crippen LogP contribution is -2.55. The van der Waals surface area contributed by atoms with Crippen LogP contribution < -0.4 is 5.32 Å². The molecule has 0 aromatic carbocycles. The summed E-state index contributed by atoms with van der Waals surface area (Å²) in [6.07, 6.45) is 6.04. The van der Waals surface area contributed by atoms with E-state index in [1.165, 1.54) is 19.3 Å². The molecule has 2 rings (SSSR count). The maximum Gasteiger partial charge on any atom is 0.246 e. The van der Waals surface area contributed by atoms with Gasteiger partial charge in [-0.1, -0.05) is 38.3 Å². The van der Waals surface area contributed by atoms with Crippen molar-refractivity contribution in [2.24, 2.45) is 0 Å². The molecule has 1 aliphatic carbocycles. The van der Waals surface area contributed by atoms with Crippen LogP contribution >= 0.6 is 0 Å². The third-order valence-corrected chi connectivity index (χ3v) is 5.40.